The molecule has 1 aliphatic heterocycles. The van der Waals surface area contributed by atoms with E-state index in [4.69, 9.17) is 4.74 Å². The van der Waals surface area contributed by atoms with Gasteiger partial charge in [-0.05, 0) is 18.6 Å². The van der Waals surface area contributed by atoms with Gasteiger partial charge in [0.25, 0.3) is 5.56 Å². The van der Waals surface area contributed by atoms with E-state index in [1.54, 1.807) is 11.5 Å². The molecule has 4 nitrogen and oxygen atoms in total. The number of hydrogen-bond donors (Lipinski definition) is 0. The molecular formula is C14H18N2O2S. The van der Waals surface area contributed by atoms with Crippen LogP contribution in [0, 0.1) is 0 Å². The summed E-state index contributed by atoms with van der Waals surface area (Å²) in [6.07, 6.45) is 1.02. The molecule has 5 heteroatoms. The summed E-state index contributed by atoms with van der Waals surface area (Å²) in [6.45, 7) is 5.56. The standard InChI is InChI=1S/C14H18N2O2S/c17-14-12-4-1-2-5-13(12)19-16(14)7-3-6-15-8-10-18-11-9-15/h1-2,4-5H,3,6-11H2. The van der Waals surface area contributed by atoms with E-state index in [0.717, 1.165) is 55.9 Å². The molecule has 0 bridgehead atoms. The Labute approximate surface area is 116 Å². The van der Waals surface area contributed by atoms with Crippen LogP contribution in [0.5, 0.6) is 0 Å². The molecule has 0 atom stereocenters. The maximum absolute atomic E-state index is 12.2. The molecule has 19 heavy (non-hydrogen) atoms. The first-order chi connectivity index (χ1) is 9.34. The summed E-state index contributed by atoms with van der Waals surface area (Å²) >= 11 is 1.57. The van der Waals surface area contributed by atoms with E-state index in [0.29, 0.717) is 0 Å². The van der Waals surface area contributed by atoms with Crippen LogP contribution in [-0.2, 0) is 11.3 Å². The first kappa shape index (κ1) is 12.8. The molecule has 0 unspecified atom stereocenters. The van der Waals surface area contributed by atoms with E-state index >= 15 is 0 Å². The quantitative estimate of drug-likeness (QED) is 0.855. The summed E-state index contributed by atoms with van der Waals surface area (Å²) in [5, 5.41) is 0.846. The Morgan fingerprint density at radius 3 is 2.74 bits per heavy atom. The highest BCUT2D eigenvalue weighted by Crippen LogP contribution is 2.16. The van der Waals surface area contributed by atoms with Crippen molar-refractivity contribution in [3.05, 3.63) is 34.6 Å². The zero-order valence-electron chi connectivity index (χ0n) is 10.9. The third-order valence-corrected chi connectivity index (χ3v) is 4.61. The van der Waals surface area contributed by atoms with Crippen LogP contribution in [0.15, 0.2) is 29.1 Å². The van der Waals surface area contributed by atoms with E-state index in [2.05, 4.69) is 4.90 Å². The van der Waals surface area contributed by atoms with Crippen LogP contribution in [0.2, 0.25) is 0 Å². The fraction of sp³-hybridized carbons (Fsp3) is 0.500. The third-order valence-electron chi connectivity index (χ3n) is 3.49. The highest BCUT2D eigenvalue weighted by Gasteiger charge is 2.10. The molecule has 3 rings (SSSR count). The van der Waals surface area contributed by atoms with Gasteiger partial charge in [-0.2, -0.15) is 0 Å². The molecule has 1 aliphatic rings. The maximum atomic E-state index is 12.2. The number of ether oxygens (including phenoxy) is 1. The molecular weight excluding hydrogens is 260 g/mol. The summed E-state index contributed by atoms with van der Waals surface area (Å²) in [5.74, 6) is 0. The van der Waals surface area contributed by atoms with Crippen LogP contribution in [0.25, 0.3) is 10.1 Å². The van der Waals surface area contributed by atoms with Crippen molar-refractivity contribution in [2.24, 2.45) is 0 Å². The van der Waals surface area contributed by atoms with Gasteiger partial charge in [0.05, 0.1) is 23.3 Å². The highest BCUT2D eigenvalue weighted by atomic mass is 32.1. The second-order valence-electron chi connectivity index (χ2n) is 4.80. The van der Waals surface area contributed by atoms with Crippen LogP contribution in [0.3, 0.4) is 0 Å². The van der Waals surface area contributed by atoms with Crippen LogP contribution < -0.4 is 5.56 Å². The molecule has 2 heterocycles. The fourth-order valence-electron chi connectivity index (χ4n) is 2.43. The van der Waals surface area contributed by atoms with Crippen molar-refractivity contribution in [2.45, 2.75) is 13.0 Å². The summed E-state index contributed by atoms with van der Waals surface area (Å²) in [7, 11) is 0. The number of fused-ring (bicyclic) bond motifs is 1. The number of rotatable bonds is 4. The zero-order chi connectivity index (χ0) is 13.1. The lowest BCUT2D eigenvalue weighted by Gasteiger charge is -2.26. The van der Waals surface area contributed by atoms with Crippen LogP contribution in [-0.4, -0.2) is 41.7 Å². The monoisotopic (exact) mass is 278 g/mol. The Morgan fingerprint density at radius 1 is 1.16 bits per heavy atom. The van der Waals surface area contributed by atoms with Crippen molar-refractivity contribution >= 4 is 21.6 Å². The lowest BCUT2D eigenvalue weighted by Crippen LogP contribution is -2.37. The highest BCUT2D eigenvalue weighted by molar-refractivity contribution is 7.13. The number of nitrogens with zero attached hydrogens (tertiary/aromatic N) is 2. The van der Waals surface area contributed by atoms with Gasteiger partial charge >= 0.3 is 0 Å². The molecule has 0 amide bonds. The largest absolute Gasteiger partial charge is 0.379 e. The molecule has 1 aromatic heterocycles. The first-order valence-electron chi connectivity index (χ1n) is 6.73. The normalized spacial score (nSPS) is 17.1. The Balaban J connectivity index is 1.62. The van der Waals surface area contributed by atoms with E-state index in [-0.39, 0.29) is 5.56 Å². The van der Waals surface area contributed by atoms with Crippen molar-refractivity contribution < 1.29 is 4.74 Å². The molecule has 0 radical (unpaired) electrons. The topological polar surface area (TPSA) is 34.5 Å². The Kier molecular flexibility index (Phi) is 3.96. The molecule has 2 aromatic rings. The van der Waals surface area contributed by atoms with Gasteiger partial charge < -0.3 is 4.74 Å². The predicted octanol–water partition coefficient (Wildman–Crippen LogP) is 1.79. The summed E-state index contributed by atoms with van der Waals surface area (Å²) in [6, 6.07) is 7.83. The number of aromatic nitrogens is 1. The summed E-state index contributed by atoms with van der Waals surface area (Å²) in [4.78, 5) is 14.6. The van der Waals surface area contributed by atoms with E-state index in [9.17, 15) is 4.79 Å². The molecule has 0 spiro atoms. The van der Waals surface area contributed by atoms with Crippen molar-refractivity contribution in [2.75, 3.05) is 32.8 Å². The minimum Gasteiger partial charge on any atom is -0.379 e. The van der Waals surface area contributed by atoms with Crippen molar-refractivity contribution in [3.8, 4) is 0 Å². The van der Waals surface area contributed by atoms with E-state index in [1.807, 2.05) is 28.2 Å². The molecule has 102 valence electrons. The second kappa shape index (κ2) is 5.86. The summed E-state index contributed by atoms with van der Waals surface area (Å²) in [5.41, 5.74) is 0.155. The average Bonchev–Trinajstić information content (AvgIpc) is 2.78. The van der Waals surface area contributed by atoms with Gasteiger partial charge in [-0.25, -0.2) is 0 Å². The molecule has 0 aliphatic carbocycles. The molecule has 0 N–H and O–H groups in total. The number of hydrogen-bond acceptors (Lipinski definition) is 4. The minimum atomic E-state index is 0.155. The number of benzene rings is 1. The minimum absolute atomic E-state index is 0.155. The van der Waals surface area contributed by atoms with E-state index in [1.165, 1.54) is 0 Å². The van der Waals surface area contributed by atoms with Crippen molar-refractivity contribution in [1.29, 1.82) is 0 Å². The summed E-state index contributed by atoms with van der Waals surface area (Å²) < 4.78 is 8.29. The third kappa shape index (κ3) is 2.88. The van der Waals surface area contributed by atoms with Gasteiger partial charge in [-0.15, -0.1) is 0 Å². The SMILES string of the molecule is O=c1c2ccccc2sn1CCCN1CCOCC1. The number of aryl methyl sites for hydroxylation is 1. The van der Waals surface area contributed by atoms with Crippen LogP contribution >= 0.6 is 11.5 Å². The molecule has 1 fully saturated rings. The van der Waals surface area contributed by atoms with Gasteiger partial charge in [0.2, 0.25) is 0 Å². The zero-order valence-corrected chi connectivity index (χ0v) is 11.7. The molecule has 1 saturated heterocycles. The van der Waals surface area contributed by atoms with Gasteiger partial charge in [0.15, 0.2) is 0 Å². The van der Waals surface area contributed by atoms with Crippen molar-refractivity contribution in [3.63, 3.8) is 0 Å². The van der Waals surface area contributed by atoms with Gasteiger partial charge in [0.1, 0.15) is 0 Å². The predicted molar refractivity (Wildman–Crippen MR) is 78.0 cm³/mol. The Bertz CT molecular complexity index is 599. The molecule has 1 aromatic carbocycles. The van der Waals surface area contributed by atoms with Crippen LogP contribution in [0.1, 0.15) is 6.42 Å². The van der Waals surface area contributed by atoms with Crippen molar-refractivity contribution in [1.82, 2.24) is 8.86 Å². The van der Waals surface area contributed by atoms with Gasteiger partial charge in [-0.1, -0.05) is 23.7 Å². The fourth-order valence-corrected chi connectivity index (χ4v) is 3.46. The maximum Gasteiger partial charge on any atom is 0.268 e. The first-order valence-corrected chi connectivity index (χ1v) is 7.51. The number of morpholine rings is 1. The Morgan fingerprint density at radius 2 is 1.95 bits per heavy atom. The lowest BCUT2D eigenvalue weighted by molar-refractivity contribution is 0.0370. The molecule has 0 saturated carbocycles. The lowest BCUT2D eigenvalue weighted by atomic mass is 10.3. The smallest absolute Gasteiger partial charge is 0.268 e. The Hall–Kier alpha value is -1.17. The van der Waals surface area contributed by atoms with E-state index < -0.39 is 0 Å². The van der Waals surface area contributed by atoms with Crippen LogP contribution in [0.4, 0.5) is 0 Å². The van der Waals surface area contributed by atoms with Gasteiger partial charge in [-0.3, -0.25) is 13.7 Å². The second-order valence-corrected chi connectivity index (χ2v) is 5.87. The van der Waals surface area contributed by atoms with Gasteiger partial charge in [0, 0.05) is 26.2 Å². The average molecular weight is 278 g/mol.